The highest BCUT2D eigenvalue weighted by Crippen LogP contribution is 2.16. The quantitative estimate of drug-likeness (QED) is 0.450. The van der Waals surface area contributed by atoms with Gasteiger partial charge >= 0.3 is 0 Å². The van der Waals surface area contributed by atoms with Crippen LogP contribution in [0.2, 0.25) is 10.0 Å². The Morgan fingerprint density at radius 3 is 2.67 bits per heavy atom. The molecule has 2 aromatic carbocycles. The second-order valence-corrected chi connectivity index (χ2v) is 7.35. The van der Waals surface area contributed by atoms with Crippen molar-refractivity contribution < 1.29 is 9.53 Å². The number of halogens is 2. The molecular weight excluding hydrogens is 425 g/mol. The van der Waals surface area contributed by atoms with Crippen LogP contribution < -0.4 is 10.1 Å². The maximum atomic E-state index is 12.5. The molecule has 0 aliphatic heterocycles. The summed E-state index contributed by atoms with van der Waals surface area (Å²) >= 11 is 11.9. The van der Waals surface area contributed by atoms with E-state index in [4.69, 9.17) is 27.9 Å². The van der Waals surface area contributed by atoms with Gasteiger partial charge in [-0.3, -0.25) is 9.48 Å². The molecule has 4 rings (SSSR count). The van der Waals surface area contributed by atoms with Gasteiger partial charge in [-0.15, -0.1) is 0 Å². The molecule has 0 fully saturated rings. The summed E-state index contributed by atoms with van der Waals surface area (Å²) < 4.78 is 8.87. The van der Waals surface area contributed by atoms with Gasteiger partial charge in [-0.05, 0) is 48.0 Å². The molecule has 0 aliphatic carbocycles. The molecule has 152 valence electrons. The van der Waals surface area contributed by atoms with Gasteiger partial charge in [0, 0.05) is 22.4 Å². The zero-order valence-corrected chi connectivity index (χ0v) is 17.2. The molecule has 0 spiro atoms. The molecule has 0 atom stereocenters. The van der Waals surface area contributed by atoms with Gasteiger partial charge in [0.1, 0.15) is 5.75 Å². The molecule has 0 saturated carbocycles. The lowest BCUT2D eigenvalue weighted by molar-refractivity contribution is 0.102. The van der Waals surface area contributed by atoms with Crippen molar-refractivity contribution in [3.05, 3.63) is 94.5 Å². The summed E-state index contributed by atoms with van der Waals surface area (Å²) in [6.07, 6.45) is 5.01. The Morgan fingerprint density at radius 2 is 1.87 bits per heavy atom. The number of nitrogens with one attached hydrogen (secondary N) is 1. The van der Waals surface area contributed by atoms with Crippen LogP contribution in [0.1, 0.15) is 16.1 Å². The van der Waals surface area contributed by atoms with Crippen molar-refractivity contribution in [3.8, 4) is 5.75 Å². The van der Waals surface area contributed by atoms with Gasteiger partial charge in [0.25, 0.3) is 5.91 Å². The number of aromatic nitrogens is 4. The number of anilines is 1. The van der Waals surface area contributed by atoms with Crippen LogP contribution in [0.5, 0.6) is 5.75 Å². The highest BCUT2D eigenvalue weighted by Gasteiger charge is 2.11. The first-order valence-corrected chi connectivity index (χ1v) is 9.81. The second kappa shape index (κ2) is 9.02. The number of ether oxygens (including phenoxy) is 1. The fourth-order valence-electron chi connectivity index (χ4n) is 2.76. The first-order chi connectivity index (χ1) is 14.5. The molecule has 30 heavy (non-hydrogen) atoms. The SMILES string of the molecule is O=C(Nc1cnn(Cc2cccc(Cl)c2)c1)c1ccn(COc2ccc(Cl)cc2)n1. The molecule has 1 amide bonds. The molecule has 2 aromatic heterocycles. The van der Waals surface area contributed by atoms with E-state index in [9.17, 15) is 4.79 Å². The molecule has 0 bridgehead atoms. The van der Waals surface area contributed by atoms with E-state index in [1.54, 1.807) is 53.6 Å². The van der Waals surface area contributed by atoms with Crippen molar-refractivity contribution in [2.45, 2.75) is 13.3 Å². The zero-order valence-electron chi connectivity index (χ0n) is 15.7. The predicted octanol–water partition coefficient (Wildman–Crippen LogP) is 4.72. The first-order valence-electron chi connectivity index (χ1n) is 9.05. The molecule has 1 N–H and O–H groups in total. The summed E-state index contributed by atoms with van der Waals surface area (Å²) in [7, 11) is 0. The number of hydrogen-bond acceptors (Lipinski definition) is 4. The number of benzene rings is 2. The largest absolute Gasteiger partial charge is 0.471 e. The average molecular weight is 442 g/mol. The highest BCUT2D eigenvalue weighted by atomic mass is 35.5. The van der Waals surface area contributed by atoms with Crippen LogP contribution in [0.4, 0.5) is 5.69 Å². The number of amides is 1. The van der Waals surface area contributed by atoms with Gasteiger partial charge in [0.2, 0.25) is 0 Å². The van der Waals surface area contributed by atoms with E-state index in [1.165, 1.54) is 4.68 Å². The monoisotopic (exact) mass is 441 g/mol. The van der Waals surface area contributed by atoms with E-state index < -0.39 is 0 Å². The van der Waals surface area contributed by atoms with Gasteiger partial charge in [0.15, 0.2) is 12.4 Å². The highest BCUT2D eigenvalue weighted by molar-refractivity contribution is 6.30. The molecular formula is C21H17Cl2N5O2. The Kier molecular flexibility index (Phi) is 6.02. The van der Waals surface area contributed by atoms with Crippen molar-refractivity contribution in [3.63, 3.8) is 0 Å². The fraction of sp³-hybridized carbons (Fsp3) is 0.0952. The molecule has 4 aromatic rings. The Hall–Kier alpha value is -3.29. The van der Waals surface area contributed by atoms with Crippen LogP contribution in [0.25, 0.3) is 0 Å². The van der Waals surface area contributed by atoms with Gasteiger partial charge in [-0.2, -0.15) is 10.2 Å². The predicted molar refractivity (Wildman–Crippen MR) is 115 cm³/mol. The number of carbonyl (C=O) groups is 1. The number of carbonyl (C=O) groups excluding carboxylic acids is 1. The lowest BCUT2D eigenvalue weighted by Crippen LogP contribution is -2.14. The van der Waals surface area contributed by atoms with Crippen molar-refractivity contribution >= 4 is 34.8 Å². The van der Waals surface area contributed by atoms with Crippen LogP contribution in [-0.2, 0) is 13.3 Å². The Bertz CT molecular complexity index is 1150. The third-order valence-corrected chi connectivity index (χ3v) is 4.66. The topological polar surface area (TPSA) is 74.0 Å². The molecule has 0 saturated heterocycles. The number of hydrogen-bond donors (Lipinski definition) is 1. The van der Waals surface area contributed by atoms with Crippen LogP contribution in [0.3, 0.4) is 0 Å². The van der Waals surface area contributed by atoms with Crippen molar-refractivity contribution in [2.75, 3.05) is 5.32 Å². The first kappa shape index (κ1) is 20.0. The standard InChI is InChI=1S/C21H17Cl2N5O2/c22-16-4-6-19(7-5-16)30-14-27-9-8-20(26-27)21(29)25-18-11-24-28(13-18)12-15-2-1-3-17(23)10-15/h1-11,13H,12,14H2,(H,25,29). The van der Waals surface area contributed by atoms with Crippen molar-refractivity contribution in [1.82, 2.24) is 19.6 Å². The van der Waals surface area contributed by atoms with Crippen LogP contribution in [0.15, 0.2) is 73.2 Å². The minimum atomic E-state index is -0.331. The number of nitrogens with zero attached hydrogens (tertiary/aromatic N) is 4. The minimum Gasteiger partial charge on any atom is -0.471 e. The molecule has 0 unspecified atom stereocenters. The average Bonchev–Trinajstić information content (AvgIpc) is 3.37. The summed E-state index contributed by atoms with van der Waals surface area (Å²) in [6, 6.07) is 16.2. The van der Waals surface area contributed by atoms with Gasteiger partial charge < -0.3 is 10.1 Å². The Labute approximate surface area is 182 Å². The van der Waals surface area contributed by atoms with E-state index in [0.717, 1.165) is 5.56 Å². The van der Waals surface area contributed by atoms with Crippen LogP contribution in [0, 0.1) is 0 Å². The molecule has 2 heterocycles. The summed E-state index contributed by atoms with van der Waals surface area (Å²) in [6.45, 7) is 0.722. The summed E-state index contributed by atoms with van der Waals surface area (Å²) in [5, 5.41) is 12.6. The van der Waals surface area contributed by atoms with Gasteiger partial charge in [0.05, 0.1) is 18.4 Å². The third kappa shape index (κ3) is 5.20. The number of rotatable bonds is 7. The van der Waals surface area contributed by atoms with E-state index in [-0.39, 0.29) is 18.3 Å². The fourth-order valence-corrected chi connectivity index (χ4v) is 3.10. The third-order valence-electron chi connectivity index (χ3n) is 4.18. The van der Waals surface area contributed by atoms with Crippen molar-refractivity contribution in [2.24, 2.45) is 0 Å². The Balaban J connectivity index is 1.33. The summed E-state index contributed by atoms with van der Waals surface area (Å²) in [5.74, 6) is 0.329. The van der Waals surface area contributed by atoms with Gasteiger partial charge in [-0.1, -0.05) is 35.3 Å². The molecule has 0 radical (unpaired) electrons. The molecule has 9 heteroatoms. The zero-order chi connectivity index (χ0) is 20.9. The Morgan fingerprint density at radius 1 is 1.03 bits per heavy atom. The van der Waals surface area contributed by atoms with Crippen LogP contribution >= 0.6 is 23.2 Å². The van der Waals surface area contributed by atoms with Gasteiger partial charge in [-0.25, -0.2) is 4.68 Å². The van der Waals surface area contributed by atoms with E-state index in [0.29, 0.717) is 28.0 Å². The van der Waals surface area contributed by atoms with E-state index >= 15 is 0 Å². The lowest BCUT2D eigenvalue weighted by Gasteiger charge is -2.06. The van der Waals surface area contributed by atoms with E-state index in [2.05, 4.69) is 15.5 Å². The summed E-state index contributed by atoms with van der Waals surface area (Å²) in [5.41, 5.74) is 1.87. The van der Waals surface area contributed by atoms with Crippen LogP contribution in [-0.4, -0.2) is 25.5 Å². The normalized spacial score (nSPS) is 10.7. The lowest BCUT2D eigenvalue weighted by atomic mass is 10.2. The maximum absolute atomic E-state index is 12.5. The maximum Gasteiger partial charge on any atom is 0.276 e. The molecule has 0 aliphatic rings. The second-order valence-electron chi connectivity index (χ2n) is 6.48. The summed E-state index contributed by atoms with van der Waals surface area (Å²) in [4.78, 5) is 12.5. The minimum absolute atomic E-state index is 0.173. The van der Waals surface area contributed by atoms with E-state index in [1.807, 2.05) is 24.3 Å². The van der Waals surface area contributed by atoms with Crippen molar-refractivity contribution in [1.29, 1.82) is 0 Å². The smallest absolute Gasteiger partial charge is 0.276 e. The molecule has 7 nitrogen and oxygen atoms in total.